The summed E-state index contributed by atoms with van der Waals surface area (Å²) >= 11 is 0. The number of rotatable bonds is 10. The summed E-state index contributed by atoms with van der Waals surface area (Å²) in [5.41, 5.74) is 1.87. The molecule has 0 aromatic heterocycles. The molecule has 0 aliphatic heterocycles. The molecular formula is C23H29N3O4. The van der Waals surface area contributed by atoms with Crippen LogP contribution in [0.4, 0.5) is 11.4 Å². The quantitative estimate of drug-likeness (QED) is 0.520. The monoisotopic (exact) mass is 411 g/mol. The third-order valence-electron chi connectivity index (χ3n) is 4.31. The van der Waals surface area contributed by atoms with Crippen molar-refractivity contribution in [3.63, 3.8) is 0 Å². The third-order valence-corrected chi connectivity index (χ3v) is 4.31. The van der Waals surface area contributed by atoms with E-state index in [1.54, 1.807) is 48.5 Å². The molecule has 7 heteroatoms. The molecule has 0 aliphatic rings. The normalized spacial score (nSPS) is 10.5. The predicted octanol–water partition coefficient (Wildman–Crippen LogP) is 3.69. The summed E-state index contributed by atoms with van der Waals surface area (Å²) in [5, 5.41) is 8.40. The standard InChI is InChI=1S/C23H29N3O4/c1-4-30-15-7-14-24-23(29)19-8-5-6-9-20(19)26-22(28)17-10-12-18(13-11-17)25-21(27)16(2)3/h5-6,8-13,16H,4,7,14-15H2,1-3H3,(H,24,29)(H,25,27)(H,26,28). The third kappa shape index (κ3) is 7.00. The molecule has 0 saturated carbocycles. The molecule has 3 amide bonds. The Kier molecular flexibility index (Phi) is 9.03. The van der Waals surface area contributed by atoms with Crippen molar-refractivity contribution in [3.05, 3.63) is 59.7 Å². The second-order valence-electron chi connectivity index (χ2n) is 7.03. The van der Waals surface area contributed by atoms with Gasteiger partial charge in [0.05, 0.1) is 11.3 Å². The summed E-state index contributed by atoms with van der Waals surface area (Å²) in [6.07, 6.45) is 0.716. The van der Waals surface area contributed by atoms with E-state index in [4.69, 9.17) is 4.74 Å². The average molecular weight is 412 g/mol. The second kappa shape index (κ2) is 11.7. The molecule has 30 heavy (non-hydrogen) atoms. The van der Waals surface area contributed by atoms with Crippen LogP contribution in [-0.2, 0) is 9.53 Å². The summed E-state index contributed by atoms with van der Waals surface area (Å²) in [6, 6.07) is 13.5. The van der Waals surface area contributed by atoms with Crippen LogP contribution < -0.4 is 16.0 Å². The van der Waals surface area contributed by atoms with Gasteiger partial charge < -0.3 is 20.7 Å². The molecule has 2 aromatic rings. The lowest BCUT2D eigenvalue weighted by molar-refractivity contribution is -0.118. The predicted molar refractivity (Wildman–Crippen MR) is 118 cm³/mol. The van der Waals surface area contributed by atoms with Gasteiger partial charge in [0.2, 0.25) is 5.91 Å². The van der Waals surface area contributed by atoms with Crippen LogP contribution in [0.5, 0.6) is 0 Å². The number of carbonyl (C=O) groups is 3. The molecule has 0 fully saturated rings. The zero-order valence-corrected chi connectivity index (χ0v) is 17.7. The van der Waals surface area contributed by atoms with Crippen LogP contribution in [-0.4, -0.2) is 37.5 Å². The Labute approximate surface area is 177 Å². The Morgan fingerprint density at radius 1 is 0.933 bits per heavy atom. The van der Waals surface area contributed by atoms with Gasteiger partial charge >= 0.3 is 0 Å². The van der Waals surface area contributed by atoms with E-state index in [2.05, 4.69) is 16.0 Å². The van der Waals surface area contributed by atoms with Gasteiger partial charge in [0.1, 0.15) is 0 Å². The van der Waals surface area contributed by atoms with Crippen LogP contribution in [0.3, 0.4) is 0 Å². The smallest absolute Gasteiger partial charge is 0.255 e. The molecule has 0 spiro atoms. The van der Waals surface area contributed by atoms with E-state index in [9.17, 15) is 14.4 Å². The fraction of sp³-hybridized carbons (Fsp3) is 0.348. The van der Waals surface area contributed by atoms with Crippen LogP contribution in [0.25, 0.3) is 0 Å². The van der Waals surface area contributed by atoms with Gasteiger partial charge in [-0.1, -0.05) is 26.0 Å². The Bertz CT molecular complexity index is 863. The molecular weight excluding hydrogens is 382 g/mol. The maximum atomic E-state index is 12.6. The number of hydrogen-bond donors (Lipinski definition) is 3. The molecule has 0 radical (unpaired) electrons. The number of para-hydroxylation sites is 1. The van der Waals surface area contributed by atoms with E-state index < -0.39 is 0 Å². The fourth-order valence-corrected chi connectivity index (χ4v) is 2.59. The lowest BCUT2D eigenvalue weighted by Gasteiger charge is -2.12. The number of amides is 3. The van der Waals surface area contributed by atoms with Crippen molar-refractivity contribution >= 4 is 29.1 Å². The Morgan fingerprint density at radius 3 is 2.30 bits per heavy atom. The van der Waals surface area contributed by atoms with Gasteiger partial charge in [-0.15, -0.1) is 0 Å². The van der Waals surface area contributed by atoms with E-state index in [0.29, 0.717) is 48.7 Å². The van der Waals surface area contributed by atoms with Crippen molar-refractivity contribution in [2.75, 3.05) is 30.4 Å². The molecule has 3 N–H and O–H groups in total. The Hall–Kier alpha value is -3.19. The zero-order valence-electron chi connectivity index (χ0n) is 17.7. The number of ether oxygens (including phenoxy) is 1. The van der Waals surface area contributed by atoms with Crippen LogP contribution in [0.15, 0.2) is 48.5 Å². The lowest BCUT2D eigenvalue weighted by atomic mass is 10.1. The molecule has 2 aromatic carbocycles. The van der Waals surface area contributed by atoms with Crippen molar-refractivity contribution in [1.29, 1.82) is 0 Å². The van der Waals surface area contributed by atoms with E-state index in [1.807, 2.05) is 20.8 Å². The summed E-state index contributed by atoms with van der Waals surface area (Å²) in [4.78, 5) is 36.9. The first-order valence-electron chi connectivity index (χ1n) is 10.1. The first kappa shape index (κ1) is 23.1. The minimum absolute atomic E-state index is 0.0894. The van der Waals surface area contributed by atoms with Crippen molar-refractivity contribution in [2.24, 2.45) is 5.92 Å². The topological polar surface area (TPSA) is 96.5 Å². The molecule has 0 atom stereocenters. The van der Waals surface area contributed by atoms with Crippen molar-refractivity contribution in [1.82, 2.24) is 5.32 Å². The highest BCUT2D eigenvalue weighted by Crippen LogP contribution is 2.17. The van der Waals surface area contributed by atoms with Crippen LogP contribution in [0.1, 0.15) is 47.9 Å². The van der Waals surface area contributed by atoms with Crippen molar-refractivity contribution in [2.45, 2.75) is 27.2 Å². The minimum Gasteiger partial charge on any atom is -0.382 e. The number of hydrogen-bond acceptors (Lipinski definition) is 4. The van der Waals surface area contributed by atoms with Gasteiger partial charge in [-0.3, -0.25) is 14.4 Å². The molecule has 160 valence electrons. The number of nitrogens with one attached hydrogen (secondary N) is 3. The zero-order chi connectivity index (χ0) is 21.9. The summed E-state index contributed by atoms with van der Waals surface area (Å²) in [5.74, 6) is -0.814. The van der Waals surface area contributed by atoms with E-state index in [0.717, 1.165) is 0 Å². The maximum Gasteiger partial charge on any atom is 0.255 e. The van der Waals surface area contributed by atoms with Crippen LogP contribution >= 0.6 is 0 Å². The van der Waals surface area contributed by atoms with E-state index in [1.165, 1.54) is 0 Å². The molecule has 7 nitrogen and oxygen atoms in total. The Morgan fingerprint density at radius 2 is 1.63 bits per heavy atom. The van der Waals surface area contributed by atoms with E-state index in [-0.39, 0.29) is 23.6 Å². The summed E-state index contributed by atoms with van der Waals surface area (Å²) < 4.78 is 5.26. The minimum atomic E-state index is -0.340. The number of anilines is 2. The number of benzene rings is 2. The van der Waals surface area contributed by atoms with Gasteiger partial charge in [-0.2, -0.15) is 0 Å². The van der Waals surface area contributed by atoms with Crippen LogP contribution in [0, 0.1) is 5.92 Å². The first-order chi connectivity index (χ1) is 14.4. The highest BCUT2D eigenvalue weighted by atomic mass is 16.5. The van der Waals surface area contributed by atoms with Gasteiger partial charge in [-0.05, 0) is 49.7 Å². The largest absolute Gasteiger partial charge is 0.382 e. The van der Waals surface area contributed by atoms with Gasteiger partial charge in [0.15, 0.2) is 0 Å². The molecule has 2 rings (SSSR count). The lowest BCUT2D eigenvalue weighted by Crippen LogP contribution is -2.26. The molecule has 0 unspecified atom stereocenters. The Balaban J connectivity index is 2.00. The molecule has 0 bridgehead atoms. The molecule has 0 aliphatic carbocycles. The van der Waals surface area contributed by atoms with Crippen molar-refractivity contribution in [3.8, 4) is 0 Å². The van der Waals surface area contributed by atoms with Gasteiger partial charge in [0.25, 0.3) is 11.8 Å². The highest BCUT2D eigenvalue weighted by Gasteiger charge is 2.14. The molecule has 0 saturated heterocycles. The number of carbonyl (C=O) groups excluding carboxylic acids is 3. The first-order valence-corrected chi connectivity index (χ1v) is 10.1. The molecule has 0 heterocycles. The SMILES string of the molecule is CCOCCCNC(=O)c1ccccc1NC(=O)c1ccc(NC(=O)C(C)C)cc1. The fourth-order valence-electron chi connectivity index (χ4n) is 2.59. The maximum absolute atomic E-state index is 12.6. The highest BCUT2D eigenvalue weighted by molar-refractivity contribution is 6.09. The van der Waals surface area contributed by atoms with Crippen LogP contribution in [0.2, 0.25) is 0 Å². The summed E-state index contributed by atoms with van der Waals surface area (Å²) in [7, 11) is 0. The second-order valence-corrected chi connectivity index (χ2v) is 7.03. The average Bonchev–Trinajstić information content (AvgIpc) is 2.74. The summed E-state index contributed by atoms with van der Waals surface area (Å²) in [6.45, 7) is 7.27. The van der Waals surface area contributed by atoms with Crippen molar-refractivity contribution < 1.29 is 19.1 Å². The van der Waals surface area contributed by atoms with Gasteiger partial charge in [-0.25, -0.2) is 0 Å². The van der Waals surface area contributed by atoms with Gasteiger partial charge in [0, 0.05) is 36.9 Å². The van der Waals surface area contributed by atoms with E-state index >= 15 is 0 Å².